The molecular formula is C6H10NOS+. The third-order valence-electron chi connectivity index (χ3n) is 0.931. The van der Waals surface area contributed by atoms with Crippen LogP contribution in [0.3, 0.4) is 0 Å². The Morgan fingerprint density at radius 3 is 3.00 bits per heavy atom. The van der Waals surface area contributed by atoms with Gasteiger partial charge in [-0.05, 0) is 18.3 Å². The van der Waals surface area contributed by atoms with Crippen molar-refractivity contribution in [3.63, 3.8) is 0 Å². The number of nitrogens with zero attached hydrogens (tertiary/aromatic N) is 1. The van der Waals surface area contributed by atoms with Gasteiger partial charge in [0, 0.05) is 0 Å². The molecule has 0 amide bonds. The van der Waals surface area contributed by atoms with Gasteiger partial charge in [-0.1, -0.05) is 0 Å². The van der Waals surface area contributed by atoms with E-state index in [0.717, 1.165) is 11.7 Å². The van der Waals surface area contributed by atoms with Gasteiger partial charge in [0.05, 0.1) is 6.61 Å². The van der Waals surface area contributed by atoms with Crippen molar-refractivity contribution < 1.29 is 9.30 Å². The van der Waals surface area contributed by atoms with E-state index in [2.05, 4.69) is 0 Å². The number of hydrogen-bond donors (Lipinski definition) is 0. The first-order valence-electron chi connectivity index (χ1n) is 2.89. The first-order chi connectivity index (χ1) is 4.33. The largest absolute Gasteiger partial charge is 0.480 e. The predicted octanol–water partition coefficient (Wildman–Crippen LogP) is 0.971. The van der Waals surface area contributed by atoms with E-state index in [9.17, 15) is 0 Å². The molecule has 0 bridgehead atoms. The molecule has 0 unspecified atom stereocenters. The number of aromatic nitrogens is 1. The lowest BCUT2D eigenvalue weighted by Crippen LogP contribution is -2.22. The molecule has 1 aromatic rings. The van der Waals surface area contributed by atoms with Crippen LogP contribution in [-0.4, -0.2) is 6.61 Å². The summed E-state index contributed by atoms with van der Waals surface area (Å²) in [6, 6.07) is 0. The lowest BCUT2D eigenvalue weighted by molar-refractivity contribution is -0.666. The molecule has 0 saturated heterocycles. The minimum Gasteiger partial charge on any atom is -0.480 e. The van der Waals surface area contributed by atoms with Gasteiger partial charge in [0.25, 0.3) is 0 Å². The molecule has 2 nitrogen and oxygen atoms in total. The molecule has 9 heavy (non-hydrogen) atoms. The highest BCUT2D eigenvalue weighted by Crippen LogP contribution is 2.13. The number of ether oxygens (including phenoxy) is 1. The fourth-order valence-electron chi connectivity index (χ4n) is 0.576. The molecule has 0 aliphatic heterocycles. The second-order valence-corrected chi connectivity index (χ2v) is 2.62. The van der Waals surface area contributed by atoms with Crippen molar-refractivity contribution in [3.8, 4) is 5.06 Å². The van der Waals surface area contributed by atoms with Crippen molar-refractivity contribution in [2.24, 2.45) is 7.05 Å². The number of hydrogen-bond acceptors (Lipinski definition) is 2. The van der Waals surface area contributed by atoms with E-state index in [0.29, 0.717) is 0 Å². The van der Waals surface area contributed by atoms with Gasteiger partial charge in [0.2, 0.25) is 16.8 Å². The number of aryl methyl sites for hydroxylation is 1. The summed E-state index contributed by atoms with van der Waals surface area (Å²) >= 11 is 1.61. The third-order valence-corrected chi connectivity index (χ3v) is 1.82. The van der Waals surface area contributed by atoms with Gasteiger partial charge in [-0.2, -0.15) is 4.57 Å². The zero-order valence-electron chi connectivity index (χ0n) is 5.63. The summed E-state index contributed by atoms with van der Waals surface area (Å²) in [6.45, 7) is 2.74. The van der Waals surface area contributed by atoms with E-state index < -0.39 is 0 Å². The van der Waals surface area contributed by atoms with E-state index in [1.54, 1.807) is 11.3 Å². The Morgan fingerprint density at radius 1 is 1.78 bits per heavy atom. The molecule has 0 spiro atoms. The topological polar surface area (TPSA) is 13.1 Å². The monoisotopic (exact) mass is 144 g/mol. The quantitative estimate of drug-likeness (QED) is 0.564. The molecule has 0 aliphatic rings. The van der Waals surface area contributed by atoms with E-state index in [-0.39, 0.29) is 0 Å². The molecule has 3 heteroatoms. The molecule has 0 radical (unpaired) electrons. The van der Waals surface area contributed by atoms with Crippen LogP contribution < -0.4 is 9.30 Å². The molecule has 50 valence electrons. The van der Waals surface area contributed by atoms with Gasteiger partial charge in [-0.3, -0.25) is 0 Å². The molecule has 1 rings (SSSR count). The zero-order chi connectivity index (χ0) is 6.69. The molecule has 0 aliphatic carbocycles. The number of rotatable bonds is 2. The van der Waals surface area contributed by atoms with Crippen LogP contribution in [0.15, 0.2) is 11.7 Å². The highest BCUT2D eigenvalue weighted by Gasteiger charge is 2.00. The van der Waals surface area contributed by atoms with Gasteiger partial charge in [0.15, 0.2) is 0 Å². The van der Waals surface area contributed by atoms with Crippen molar-refractivity contribution in [2.75, 3.05) is 6.61 Å². The standard InChI is InChI=1S/C6H10NOS/c1-3-8-6-4-7(2)5-9-6/h4-5H,3H2,1-2H3/q+1. The lowest BCUT2D eigenvalue weighted by atomic mass is 10.8. The highest BCUT2D eigenvalue weighted by molar-refractivity contribution is 7.11. The van der Waals surface area contributed by atoms with E-state index in [1.165, 1.54) is 0 Å². The fourth-order valence-corrected chi connectivity index (χ4v) is 1.32. The smallest absolute Gasteiger partial charge is 0.244 e. The van der Waals surface area contributed by atoms with E-state index in [4.69, 9.17) is 4.74 Å². The summed E-state index contributed by atoms with van der Waals surface area (Å²) < 4.78 is 7.21. The van der Waals surface area contributed by atoms with Gasteiger partial charge in [0.1, 0.15) is 7.05 Å². The summed E-state index contributed by atoms with van der Waals surface area (Å²) in [4.78, 5) is 0. The lowest BCUT2D eigenvalue weighted by Gasteiger charge is -1.90. The van der Waals surface area contributed by atoms with Crippen LogP contribution in [0.1, 0.15) is 6.92 Å². The fraction of sp³-hybridized carbons (Fsp3) is 0.500. The van der Waals surface area contributed by atoms with Crippen LogP contribution in [0.25, 0.3) is 0 Å². The van der Waals surface area contributed by atoms with Crippen LogP contribution in [0.5, 0.6) is 5.06 Å². The summed E-state index contributed by atoms with van der Waals surface area (Å²) in [6.07, 6.45) is 1.97. The second kappa shape index (κ2) is 2.82. The average Bonchev–Trinajstić information content (AvgIpc) is 2.17. The molecule has 0 fully saturated rings. The summed E-state index contributed by atoms with van der Waals surface area (Å²) in [5.41, 5.74) is 2.00. The van der Waals surface area contributed by atoms with E-state index in [1.807, 2.05) is 30.2 Å². The first kappa shape index (κ1) is 6.55. The van der Waals surface area contributed by atoms with Crippen molar-refractivity contribution in [1.29, 1.82) is 0 Å². The molecule has 0 N–H and O–H groups in total. The predicted molar refractivity (Wildman–Crippen MR) is 36.7 cm³/mol. The molecule has 0 aromatic carbocycles. The minimum absolute atomic E-state index is 0.751. The zero-order valence-corrected chi connectivity index (χ0v) is 6.44. The van der Waals surface area contributed by atoms with Crippen molar-refractivity contribution in [2.45, 2.75) is 6.92 Å². The Labute approximate surface area is 58.7 Å². The van der Waals surface area contributed by atoms with Gasteiger partial charge >= 0.3 is 0 Å². The SMILES string of the molecule is CCOc1c[n+](C)cs1. The van der Waals surface area contributed by atoms with Crippen LogP contribution >= 0.6 is 11.3 Å². The van der Waals surface area contributed by atoms with E-state index >= 15 is 0 Å². The molecular weight excluding hydrogens is 134 g/mol. The maximum atomic E-state index is 5.22. The van der Waals surface area contributed by atoms with Crippen molar-refractivity contribution in [3.05, 3.63) is 11.7 Å². The summed E-state index contributed by atoms with van der Waals surface area (Å²) in [5.74, 6) is 0. The Kier molecular flexibility index (Phi) is 2.05. The Balaban J connectivity index is 2.61. The minimum atomic E-state index is 0.751. The van der Waals surface area contributed by atoms with Crippen LogP contribution in [0, 0.1) is 0 Å². The van der Waals surface area contributed by atoms with Crippen LogP contribution in [0.2, 0.25) is 0 Å². The van der Waals surface area contributed by atoms with Crippen LogP contribution in [-0.2, 0) is 7.05 Å². The second-order valence-electron chi connectivity index (χ2n) is 1.77. The molecule has 1 heterocycles. The maximum absolute atomic E-state index is 5.22. The molecule has 0 atom stereocenters. The van der Waals surface area contributed by atoms with Crippen LogP contribution in [0.4, 0.5) is 0 Å². The highest BCUT2D eigenvalue weighted by atomic mass is 32.1. The Morgan fingerprint density at radius 2 is 2.56 bits per heavy atom. The maximum Gasteiger partial charge on any atom is 0.244 e. The van der Waals surface area contributed by atoms with Crippen molar-refractivity contribution in [1.82, 2.24) is 0 Å². The van der Waals surface area contributed by atoms with Gasteiger partial charge < -0.3 is 4.74 Å². The van der Waals surface area contributed by atoms with Gasteiger partial charge in [-0.15, -0.1) is 0 Å². The summed E-state index contributed by atoms with van der Waals surface area (Å²) in [7, 11) is 1.99. The summed E-state index contributed by atoms with van der Waals surface area (Å²) in [5, 5.41) is 0.986. The molecule has 0 saturated carbocycles. The first-order valence-corrected chi connectivity index (χ1v) is 3.77. The van der Waals surface area contributed by atoms with Crippen molar-refractivity contribution >= 4 is 11.3 Å². The number of thiazole rings is 1. The third kappa shape index (κ3) is 1.68. The Hall–Kier alpha value is -0.570. The average molecular weight is 144 g/mol. The Bertz CT molecular complexity index is 185. The van der Waals surface area contributed by atoms with Gasteiger partial charge in [-0.25, -0.2) is 0 Å². The normalized spacial score (nSPS) is 9.56. The molecule has 1 aromatic heterocycles.